The monoisotopic (exact) mass is 1080 g/mol. The first-order valence-corrected chi connectivity index (χ1v) is 26.5. The van der Waals surface area contributed by atoms with Crippen LogP contribution in [0.2, 0.25) is 20.1 Å². The zero-order valence-electron chi connectivity index (χ0n) is 40.7. The Labute approximate surface area is 447 Å². The number of aromatic nitrogens is 2. The molecule has 0 spiro atoms. The van der Waals surface area contributed by atoms with Crippen LogP contribution >= 0.6 is 46.4 Å². The Morgan fingerprint density at radius 2 is 1.00 bits per heavy atom. The molecule has 6 aliphatic rings. The molecule has 4 heterocycles. The number of nitrogens with zero attached hydrogens (tertiary/aromatic N) is 4. The summed E-state index contributed by atoms with van der Waals surface area (Å²) >= 11 is 25.9. The second-order valence-corrected chi connectivity index (χ2v) is 22.6. The lowest BCUT2D eigenvalue weighted by molar-refractivity contribution is -0.127. The number of carboxylic acid groups (broad SMARTS) is 1. The molecule has 6 fully saturated rings. The molecule has 0 radical (unpaired) electrons. The van der Waals surface area contributed by atoms with Gasteiger partial charge in [0, 0.05) is 57.5 Å². The molecule has 0 unspecified atom stereocenters. The molecule has 4 saturated carbocycles. The number of anilines is 2. The Balaban J connectivity index is 0.000000160. The zero-order valence-corrected chi connectivity index (χ0v) is 43.7. The van der Waals surface area contributed by atoms with Crippen LogP contribution in [-0.2, 0) is 37.0 Å². The van der Waals surface area contributed by atoms with Gasteiger partial charge < -0.3 is 38.2 Å². The summed E-state index contributed by atoms with van der Waals surface area (Å²) in [5.41, 5.74) is 5.76. The van der Waals surface area contributed by atoms with E-state index in [1.165, 1.54) is 12.1 Å². The Hall–Kier alpha value is -5.74. The van der Waals surface area contributed by atoms with Gasteiger partial charge in [0.05, 0.1) is 68.5 Å². The molecule has 12 rings (SSSR count). The van der Waals surface area contributed by atoms with Gasteiger partial charge in [0.1, 0.15) is 28.5 Å². The standard InChI is InChI=1S/C30H30Cl2N2O5.C26H22Cl2N2O5/c1-30(2,3)38-29(36)17-9-11-18(12-10-17)34-19-13-20(28(34)35)24(14-19)37-15-21-26(33-39-27(21)16-7-8-16)25-22(31)5-4-6-23(25)32;27-19-2-1-3-20(28)22(19)23-18(24(35-29-23)13-4-5-13)12-34-21-11-16-10-17(21)25(31)30(16)15-8-6-14(7-9-15)26(32)33/h4-6,9-12,16,19-20,24H,7-8,13-15H2,1-3H3;1-3,6-9,13,16-17,21H,4-5,10-12H2,(H,32,33)/t19-,20+,24+;16-,17+,21+/m00/s1. The van der Waals surface area contributed by atoms with Crippen molar-refractivity contribution in [3.63, 3.8) is 0 Å². The normalized spacial score (nSPS) is 22.9. The molecule has 6 aromatic rings. The van der Waals surface area contributed by atoms with E-state index in [2.05, 4.69) is 10.3 Å². The van der Waals surface area contributed by atoms with Crippen molar-refractivity contribution in [2.24, 2.45) is 11.8 Å². The summed E-state index contributed by atoms with van der Waals surface area (Å²) in [6, 6.07) is 24.2. The molecule has 6 atom stereocenters. The van der Waals surface area contributed by atoms with E-state index in [1.807, 2.05) is 37.8 Å². The van der Waals surface area contributed by atoms with Crippen molar-refractivity contribution >= 4 is 81.5 Å². The Morgan fingerprint density at radius 1 is 0.608 bits per heavy atom. The molecule has 1 N–H and O–H groups in total. The summed E-state index contributed by atoms with van der Waals surface area (Å²) in [5, 5.41) is 19.8. The minimum atomic E-state index is -0.990. The van der Waals surface area contributed by atoms with E-state index in [4.69, 9.17) is 74.8 Å². The van der Waals surface area contributed by atoms with Crippen LogP contribution in [0.4, 0.5) is 11.4 Å². The van der Waals surface area contributed by atoms with Crippen molar-refractivity contribution in [2.75, 3.05) is 9.80 Å². The lowest BCUT2D eigenvalue weighted by Gasteiger charge is -2.31. The van der Waals surface area contributed by atoms with Crippen LogP contribution in [0.15, 0.2) is 94.0 Å². The number of rotatable bonds is 14. The maximum absolute atomic E-state index is 13.4. The largest absolute Gasteiger partial charge is 0.478 e. The van der Waals surface area contributed by atoms with Crippen molar-refractivity contribution in [3.05, 3.63) is 139 Å². The van der Waals surface area contributed by atoms with Crippen LogP contribution in [0.1, 0.15) is 127 Å². The van der Waals surface area contributed by atoms with Crippen LogP contribution < -0.4 is 9.80 Å². The van der Waals surface area contributed by atoms with Gasteiger partial charge in [0.25, 0.3) is 0 Å². The van der Waals surface area contributed by atoms with Crippen LogP contribution in [0.25, 0.3) is 22.5 Å². The molecular formula is C56H52Cl4N4O10. The molecule has 4 aliphatic carbocycles. The van der Waals surface area contributed by atoms with E-state index in [-0.39, 0.29) is 72.7 Å². The third kappa shape index (κ3) is 9.85. The fourth-order valence-electron chi connectivity index (χ4n) is 11.0. The average Bonchev–Trinajstić information content (AvgIpc) is 4.10. The second-order valence-electron chi connectivity index (χ2n) is 21.0. The van der Waals surface area contributed by atoms with E-state index < -0.39 is 11.6 Å². The molecule has 18 heteroatoms. The van der Waals surface area contributed by atoms with Gasteiger partial charge in [-0.3, -0.25) is 9.59 Å². The van der Waals surface area contributed by atoms with Gasteiger partial charge in [0.15, 0.2) is 0 Å². The molecular weight excluding hydrogens is 1030 g/mol. The van der Waals surface area contributed by atoms with Gasteiger partial charge in [-0.2, -0.15) is 0 Å². The fraction of sp³-hybridized carbons (Fsp3) is 0.393. The lowest BCUT2D eigenvalue weighted by Crippen LogP contribution is -2.43. The van der Waals surface area contributed by atoms with Crippen molar-refractivity contribution in [3.8, 4) is 22.5 Å². The predicted molar refractivity (Wildman–Crippen MR) is 278 cm³/mol. The fourth-order valence-corrected chi connectivity index (χ4v) is 12.1. The van der Waals surface area contributed by atoms with E-state index in [1.54, 1.807) is 65.6 Å². The summed E-state index contributed by atoms with van der Waals surface area (Å²) in [6.45, 7) is 6.04. The smallest absolute Gasteiger partial charge is 0.338 e. The second kappa shape index (κ2) is 20.1. The Kier molecular flexibility index (Phi) is 13.7. The highest BCUT2D eigenvalue weighted by atomic mass is 35.5. The number of piperidine rings is 2. The van der Waals surface area contributed by atoms with Crippen LogP contribution in [0.5, 0.6) is 0 Å². The number of amides is 2. The van der Waals surface area contributed by atoms with E-state index >= 15 is 0 Å². The van der Waals surface area contributed by atoms with E-state index in [0.717, 1.165) is 72.5 Å². The molecule has 14 nitrogen and oxygen atoms in total. The summed E-state index contributed by atoms with van der Waals surface area (Å²) in [6.07, 6.45) is 6.67. The zero-order chi connectivity index (χ0) is 51.7. The lowest BCUT2D eigenvalue weighted by atomic mass is 10.0. The highest BCUT2D eigenvalue weighted by Gasteiger charge is 2.53. The molecule has 4 aromatic carbocycles. The third-order valence-electron chi connectivity index (χ3n) is 14.8. The van der Waals surface area contributed by atoms with Gasteiger partial charge in [-0.25, -0.2) is 9.59 Å². The minimum absolute atomic E-state index is 0.0106. The number of esters is 1. The summed E-state index contributed by atoms with van der Waals surface area (Å²) in [7, 11) is 0. The highest BCUT2D eigenvalue weighted by molar-refractivity contribution is 6.39. The first kappa shape index (κ1) is 50.4. The van der Waals surface area contributed by atoms with E-state index in [0.29, 0.717) is 72.8 Å². The van der Waals surface area contributed by atoms with Crippen LogP contribution in [-0.4, -0.2) is 69.1 Å². The molecule has 2 amide bonds. The number of carbonyl (C=O) groups is 4. The first-order valence-electron chi connectivity index (χ1n) is 24.9. The Bertz CT molecular complexity index is 3120. The Morgan fingerprint density at radius 3 is 1.35 bits per heavy atom. The molecule has 2 saturated heterocycles. The van der Waals surface area contributed by atoms with Crippen LogP contribution in [0.3, 0.4) is 0 Å². The summed E-state index contributed by atoms with van der Waals surface area (Å²) in [5.74, 6) is 0.499. The number of fused-ring (bicyclic) bond motifs is 4. The molecule has 384 valence electrons. The number of halogens is 4. The third-order valence-corrected chi connectivity index (χ3v) is 16.0. The van der Waals surface area contributed by atoms with Gasteiger partial charge in [-0.1, -0.05) is 68.8 Å². The summed E-state index contributed by atoms with van der Waals surface area (Å²) in [4.78, 5) is 53.7. The van der Waals surface area contributed by atoms with Crippen molar-refractivity contribution < 1.29 is 47.5 Å². The topological polar surface area (TPSA) is 175 Å². The molecule has 2 aliphatic heterocycles. The number of carboxylic acids is 1. The van der Waals surface area contributed by atoms with E-state index in [9.17, 15) is 19.2 Å². The molecule has 2 aromatic heterocycles. The SMILES string of the molecule is CC(C)(C)OC(=O)c1ccc(N2C(=O)[C@@H]3C[C@H]2C[C@H]3OCc2c(-c3c(Cl)cccc3Cl)noc2C2CC2)cc1.O=C(O)c1ccc(N2C(=O)[C@@H]3C[C@H]2C[C@H]3OCc2c(-c3c(Cl)cccc3Cl)noc2C2CC2)cc1. The number of hydrogen-bond donors (Lipinski definition) is 1. The predicted octanol–water partition coefficient (Wildman–Crippen LogP) is 13.1. The number of hydrogen-bond acceptors (Lipinski definition) is 11. The molecule has 74 heavy (non-hydrogen) atoms. The first-order chi connectivity index (χ1) is 35.5. The number of aromatic carboxylic acids is 1. The highest BCUT2D eigenvalue weighted by Crippen LogP contribution is 2.50. The van der Waals surface area contributed by atoms with Gasteiger partial charge >= 0.3 is 11.9 Å². The minimum Gasteiger partial charge on any atom is -0.478 e. The number of carbonyl (C=O) groups excluding carboxylic acids is 3. The molecule has 4 bridgehead atoms. The van der Waals surface area contributed by atoms with Gasteiger partial charge in [-0.05, 0) is 145 Å². The van der Waals surface area contributed by atoms with Crippen LogP contribution in [0, 0.1) is 11.8 Å². The summed E-state index contributed by atoms with van der Waals surface area (Å²) < 4.78 is 29.7. The average molecular weight is 1080 g/mol. The maximum Gasteiger partial charge on any atom is 0.338 e. The van der Waals surface area contributed by atoms with Gasteiger partial charge in [-0.15, -0.1) is 0 Å². The van der Waals surface area contributed by atoms with Gasteiger partial charge in [0.2, 0.25) is 11.8 Å². The number of ether oxygens (including phenoxy) is 3. The number of benzene rings is 4. The van der Waals surface area contributed by atoms with Crippen molar-refractivity contribution in [1.29, 1.82) is 0 Å². The van der Waals surface area contributed by atoms with Crippen molar-refractivity contribution in [2.45, 2.75) is 127 Å². The van der Waals surface area contributed by atoms with Crippen molar-refractivity contribution in [1.82, 2.24) is 10.3 Å². The maximum atomic E-state index is 13.4. The quantitative estimate of drug-likeness (QED) is 0.102.